The van der Waals surface area contributed by atoms with Gasteiger partial charge in [-0.3, -0.25) is 4.79 Å². The molecule has 0 atom stereocenters. The lowest BCUT2D eigenvalue weighted by molar-refractivity contribution is -0.137. The molecule has 164 valence electrons. The summed E-state index contributed by atoms with van der Waals surface area (Å²) in [5.74, 6) is 0.888. The summed E-state index contributed by atoms with van der Waals surface area (Å²) in [6.45, 7) is 2.46. The lowest BCUT2D eigenvalue weighted by Gasteiger charge is -2.14. The van der Waals surface area contributed by atoms with E-state index in [4.69, 9.17) is 9.47 Å². The quantitative estimate of drug-likeness (QED) is 0.476. The number of ether oxygens (including phenoxy) is 2. The summed E-state index contributed by atoms with van der Waals surface area (Å²) in [6.07, 6.45) is -2.90. The van der Waals surface area contributed by atoms with E-state index in [1.54, 1.807) is 18.2 Å². The Labute approximate surface area is 185 Å². The van der Waals surface area contributed by atoms with Crippen LogP contribution < -0.4 is 14.8 Å². The molecule has 0 aliphatic rings. The number of halogens is 4. The molecule has 0 saturated heterocycles. The predicted molar refractivity (Wildman–Crippen MR) is 113 cm³/mol. The van der Waals surface area contributed by atoms with Crippen molar-refractivity contribution in [3.05, 3.63) is 69.8 Å². The van der Waals surface area contributed by atoms with Crippen LogP contribution in [0.3, 0.4) is 0 Å². The number of hydrogen-bond donors (Lipinski definition) is 1. The Morgan fingerprint density at radius 2 is 1.90 bits per heavy atom. The fourth-order valence-corrected chi connectivity index (χ4v) is 3.42. The van der Waals surface area contributed by atoms with Gasteiger partial charge in [-0.2, -0.15) is 18.3 Å². The first-order chi connectivity index (χ1) is 14.7. The van der Waals surface area contributed by atoms with E-state index in [1.165, 1.54) is 30.1 Å². The van der Waals surface area contributed by atoms with E-state index in [9.17, 15) is 18.0 Å². The van der Waals surface area contributed by atoms with E-state index in [0.717, 1.165) is 12.1 Å². The van der Waals surface area contributed by atoms with Gasteiger partial charge in [-0.25, -0.2) is 4.68 Å². The molecule has 0 saturated carbocycles. The van der Waals surface area contributed by atoms with Crippen molar-refractivity contribution in [1.29, 1.82) is 0 Å². The van der Waals surface area contributed by atoms with Crippen molar-refractivity contribution in [2.45, 2.75) is 19.6 Å². The largest absolute Gasteiger partial charge is 0.493 e. The number of carbonyl (C=O) groups excluding carboxylic acids is 1. The van der Waals surface area contributed by atoms with Crippen molar-refractivity contribution < 1.29 is 27.4 Å². The van der Waals surface area contributed by atoms with E-state index < -0.39 is 17.6 Å². The van der Waals surface area contributed by atoms with E-state index in [1.807, 2.05) is 6.92 Å². The number of alkyl halides is 3. The van der Waals surface area contributed by atoms with Gasteiger partial charge >= 0.3 is 6.18 Å². The number of hydrogen-bond acceptors (Lipinski definition) is 4. The van der Waals surface area contributed by atoms with Crippen LogP contribution in [0.2, 0.25) is 0 Å². The van der Waals surface area contributed by atoms with Gasteiger partial charge in [-0.1, -0.05) is 12.1 Å². The average Bonchev–Trinajstić information content (AvgIpc) is 3.15. The molecule has 0 aliphatic carbocycles. The highest BCUT2D eigenvalue weighted by Gasteiger charge is 2.30. The van der Waals surface area contributed by atoms with Crippen molar-refractivity contribution in [3.63, 3.8) is 0 Å². The number of benzene rings is 2. The van der Waals surface area contributed by atoms with Crippen LogP contribution in [0.1, 0.15) is 28.4 Å². The summed E-state index contributed by atoms with van der Waals surface area (Å²) < 4.78 is 51.1. The minimum Gasteiger partial charge on any atom is -0.493 e. The van der Waals surface area contributed by atoms with Gasteiger partial charge in [-0.15, -0.1) is 0 Å². The molecule has 3 aromatic rings. The molecule has 3 rings (SSSR count). The van der Waals surface area contributed by atoms with Gasteiger partial charge in [0.1, 0.15) is 5.82 Å². The highest BCUT2D eigenvalue weighted by molar-refractivity contribution is 9.10. The Morgan fingerprint density at radius 1 is 1.19 bits per heavy atom. The van der Waals surface area contributed by atoms with Crippen molar-refractivity contribution >= 4 is 27.7 Å². The summed E-state index contributed by atoms with van der Waals surface area (Å²) in [5, 5.41) is 6.90. The number of methoxy groups -OCH3 is 1. The van der Waals surface area contributed by atoms with Crippen molar-refractivity contribution in [3.8, 4) is 11.5 Å². The van der Waals surface area contributed by atoms with Gasteiger partial charge in [0.15, 0.2) is 11.5 Å². The Kier molecular flexibility index (Phi) is 6.89. The summed E-state index contributed by atoms with van der Waals surface area (Å²) >= 11 is 3.38. The molecule has 1 N–H and O–H groups in total. The zero-order chi connectivity index (χ0) is 22.6. The second-order valence-corrected chi connectivity index (χ2v) is 7.30. The van der Waals surface area contributed by atoms with Crippen LogP contribution in [0.25, 0.3) is 0 Å². The molecular formula is C21H19BrF3N3O3. The van der Waals surface area contributed by atoms with Crippen LogP contribution in [0.5, 0.6) is 11.5 Å². The molecule has 6 nitrogen and oxygen atoms in total. The first-order valence-corrected chi connectivity index (χ1v) is 10.0. The van der Waals surface area contributed by atoms with Crippen LogP contribution in [0, 0.1) is 0 Å². The van der Waals surface area contributed by atoms with Crippen LogP contribution in [0.15, 0.2) is 53.1 Å². The maximum atomic E-state index is 12.8. The van der Waals surface area contributed by atoms with E-state index in [-0.39, 0.29) is 6.54 Å². The van der Waals surface area contributed by atoms with Crippen molar-refractivity contribution in [2.24, 2.45) is 0 Å². The zero-order valence-corrected chi connectivity index (χ0v) is 18.3. The molecular weight excluding hydrogens is 479 g/mol. The van der Waals surface area contributed by atoms with E-state index >= 15 is 0 Å². The third kappa shape index (κ3) is 5.38. The van der Waals surface area contributed by atoms with Gasteiger partial charge in [-0.05, 0) is 52.7 Å². The third-order valence-electron chi connectivity index (χ3n) is 4.35. The van der Waals surface area contributed by atoms with E-state index in [0.29, 0.717) is 39.5 Å². The van der Waals surface area contributed by atoms with Crippen LogP contribution in [-0.4, -0.2) is 29.4 Å². The monoisotopic (exact) mass is 497 g/mol. The third-order valence-corrected chi connectivity index (χ3v) is 4.94. The molecule has 1 amide bonds. The maximum absolute atomic E-state index is 12.8. The number of aromatic nitrogens is 2. The molecule has 0 unspecified atom stereocenters. The van der Waals surface area contributed by atoms with Crippen LogP contribution >= 0.6 is 15.9 Å². The Balaban J connectivity index is 1.77. The number of nitrogens with one attached hydrogen (secondary N) is 1. The topological polar surface area (TPSA) is 65.4 Å². The van der Waals surface area contributed by atoms with Gasteiger partial charge in [0.05, 0.1) is 36.5 Å². The van der Waals surface area contributed by atoms with Crippen molar-refractivity contribution in [2.75, 3.05) is 19.0 Å². The van der Waals surface area contributed by atoms with E-state index in [2.05, 4.69) is 26.3 Å². The number of carbonyl (C=O) groups is 1. The zero-order valence-electron chi connectivity index (χ0n) is 16.7. The van der Waals surface area contributed by atoms with Gasteiger partial charge in [0.25, 0.3) is 5.91 Å². The summed E-state index contributed by atoms with van der Waals surface area (Å²) in [7, 11) is 1.48. The Morgan fingerprint density at radius 3 is 2.52 bits per heavy atom. The SMILES string of the molecule is CCOc1c(Br)cc(C(=O)Nc2ccnn2Cc2ccc(C(F)(F)F)cc2)cc1OC. The summed E-state index contributed by atoms with van der Waals surface area (Å²) in [6, 6.07) is 9.56. The van der Waals surface area contributed by atoms with Gasteiger partial charge in [0.2, 0.25) is 0 Å². The second-order valence-electron chi connectivity index (χ2n) is 6.45. The number of anilines is 1. The molecule has 0 fully saturated rings. The lowest BCUT2D eigenvalue weighted by atomic mass is 10.1. The van der Waals surface area contributed by atoms with Gasteiger partial charge in [0, 0.05) is 11.6 Å². The van der Waals surface area contributed by atoms with Crippen molar-refractivity contribution in [1.82, 2.24) is 9.78 Å². The number of nitrogens with zero attached hydrogens (tertiary/aromatic N) is 2. The minimum atomic E-state index is -4.39. The first kappa shape index (κ1) is 22.7. The molecule has 1 aromatic heterocycles. The average molecular weight is 498 g/mol. The highest BCUT2D eigenvalue weighted by atomic mass is 79.9. The fraction of sp³-hybridized carbons (Fsp3) is 0.238. The minimum absolute atomic E-state index is 0.192. The summed E-state index contributed by atoms with van der Waals surface area (Å²) in [4.78, 5) is 12.8. The lowest BCUT2D eigenvalue weighted by Crippen LogP contribution is -2.16. The normalized spacial score (nSPS) is 11.3. The second kappa shape index (κ2) is 9.42. The number of rotatable bonds is 7. The predicted octanol–water partition coefficient (Wildman–Crippen LogP) is 5.37. The number of amides is 1. The molecule has 2 aromatic carbocycles. The molecule has 10 heteroatoms. The Hall–Kier alpha value is -3.01. The van der Waals surface area contributed by atoms with Crippen LogP contribution in [0.4, 0.5) is 19.0 Å². The maximum Gasteiger partial charge on any atom is 0.416 e. The van der Waals surface area contributed by atoms with Gasteiger partial charge < -0.3 is 14.8 Å². The first-order valence-electron chi connectivity index (χ1n) is 9.22. The molecule has 31 heavy (non-hydrogen) atoms. The highest BCUT2D eigenvalue weighted by Crippen LogP contribution is 2.37. The molecule has 0 spiro atoms. The Bertz CT molecular complexity index is 1070. The molecule has 0 radical (unpaired) electrons. The summed E-state index contributed by atoms with van der Waals surface area (Å²) in [5.41, 5.74) is 0.215. The smallest absolute Gasteiger partial charge is 0.416 e. The molecule has 0 bridgehead atoms. The molecule has 0 aliphatic heterocycles. The van der Waals surface area contributed by atoms with Crippen LogP contribution in [-0.2, 0) is 12.7 Å². The molecule has 1 heterocycles. The fourth-order valence-electron chi connectivity index (χ4n) is 2.86. The standard InChI is InChI=1S/C21H19BrF3N3O3/c1-3-31-19-16(22)10-14(11-17(19)30-2)20(29)27-18-8-9-26-28(18)12-13-4-6-15(7-5-13)21(23,24)25/h4-11H,3,12H2,1-2H3,(H,27,29).